The maximum Gasteiger partial charge on any atom is 0.133 e. The first-order valence-electron chi connectivity index (χ1n) is 6.79. The number of ether oxygens (including phenoxy) is 1. The topological polar surface area (TPSA) is 21.3 Å². The smallest absolute Gasteiger partial charge is 0.133 e. The van der Waals surface area contributed by atoms with Crippen LogP contribution in [-0.2, 0) is 12.8 Å². The van der Waals surface area contributed by atoms with Crippen LogP contribution in [0.25, 0.3) is 0 Å². The first kappa shape index (κ1) is 14.9. The lowest BCUT2D eigenvalue weighted by Gasteiger charge is -2.24. The molecule has 3 heteroatoms. The minimum absolute atomic E-state index is 0. The van der Waals surface area contributed by atoms with Crippen LogP contribution in [-0.4, -0.2) is 13.1 Å². The number of halogens is 1. The molecular weight excluding hydrogens is 270 g/mol. The number of fused-ring (bicyclic) bond motifs is 2. The minimum Gasteiger partial charge on any atom is -0.457 e. The highest BCUT2D eigenvalue weighted by Crippen LogP contribution is 2.34. The molecule has 1 aliphatic rings. The maximum absolute atomic E-state index is 6.18. The van der Waals surface area contributed by atoms with E-state index in [0.717, 1.165) is 24.3 Å². The number of hydrogen-bond acceptors (Lipinski definition) is 2. The summed E-state index contributed by atoms with van der Waals surface area (Å²) in [4.78, 5) is 0. The molecule has 2 aromatic rings. The van der Waals surface area contributed by atoms with Crippen molar-refractivity contribution in [2.75, 3.05) is 7.05 Å². The zero-order valence-corrected chi connectivity index (χ0v) is 12.7. The molecule has 1 heterocycles. The van der Waals surface area contributed by atoms with Crippen LogP contribution in [0.1, 0.15) is 16.7 Å². The number of likely N-dealkylation sites (N-methyl/N-ethyl adjacent to an activating group) is 1. The van der Waals surface area contributed by atoms with Gasteiger partial charge in [-0.15, -0.1) is 12.4 Å². The van der Waals surface area contributed by atoms with Crippen molar-refractivity contribution in [3.8, 4) is 11.5 Å². The van der Waals surface area contributed by atoms with Crippen molar-refractivity contribution >= 4 is 12.4 Å². The van der Waals surface area contributed by atoms with Crippen molar-refractivity contribution in [1.82, 2.24) is 5.32 Å². The number of nitrogens with one attached hydrogen (secondary N) is 1. The highest BCUT2D eigenvalue weighted by molar-refractivity contribution is 5.85. The van der Waals surface area contributed by atoms with Crippen LogP contribution in [0.15, 0.2) is 42.5 Å². The Kier molecular flexibility index (Phi) is 4.69. The lowest BCUT2D eigenvalue weighted by atomic mass is 9.95. The van der Waals surface area contributed by atoms with Gasteiger partial charge in [-0.2, -0.15) is 0 Å². The first-order chi connectivity index (χ1) is 9.28. The van der Waals surface area contributed by atoms with Crippen molar-refractivity contribution in [3.05, 3.63) is 59.2 Å². The van der Waals surface area contributed by atoms with Gasteiger partial charge in [0.05, 0.1) is 0 Å². The fraction of sp³-hybridized carbons (Fsp3) is 0.294. The second-order valence-corrected chi connectivity index (χ2v) is 5.17. The van der Waals surface area contributed by atoms with Gasteiger partial charge in [0.1, 0.15) is 11.5 Å². The Bertz CT molecular complexity index is 597. The summed E-state index contributed by atoms with van der Waals surface area (Å²) < 4.78 is 6.18. The molecular formula is C17H20ClNO. The second-order valence-electron chi connectivity index (χ2n) is 5.17. The molecule has 20 heavy (non-hydrogen) atoms. The van der Waals surface area contributed by atoms with Gasteiger partial charge < -0.3 is 10.1 Å². The molecule has 1 N–H and O–H groups in total. The molecule has 0 amide bonds. The van der Waals surface area contributed by atoms with E-state index in [1.54, 1.807) is 0 Å². The monoisotopic (exact) mass is 289 g/mol. The molecule has 0 spiro atoms. The molecule has 1 aliphatic heterocycles. The first-order valence-corrected chi connectivity index (χ1v) is 6.79. The van der Waals surface area contributed by atoms with Gasteiger partial charge in [0.2, 0.25) is 0 Å². The Morgan fingerprint density at radius 2 is 1.70 bits per heavy atom. The van der Waals surface area contributed by atoms with E-state index in [4.69, 9.17) is 4.74 Å². The summed E-state index contributed by atoms with van der Waals surface area (Å²) >= 11 is 0. The zero-order chi connectivity index (χ0) is 13.2. The molecule has 0 saturated heterocycles. The Hall–Kier alpha value is -1.51. The molecule has 2 nitrogen and oxygen atoms in total. The Balaban J connectivity index is 0.00000147. The van der Waals surface area contributed by atoms with Gasteiger partial charge in [0.25, 0.3) is 0 Å². The molecule has 0 fully saturated rings. The van der Waals surface area contributed by atoms with Crippen LogP contribution in [0.4, 0.5) is 0 Å². The summed E-state index contributed by atoms with van der Waals surface area (Å²) in [6.07, 6.45) is 2.00. The van der Waals surface area contributed by atoms with E-state index in [9.17, 15) is 0 Å². The molecule has 0 radical (unpaired) electrons. The molecule has 106 valence electrons. The van der Waals surface area contributed by atoms with Gasteiger partial charge in [-0.25, -0.2) is 0 Å². The normalized spacial score (nSPS) is 16.8. The van der Waals surface area contributed by atoms with E-state index in [0.29, 0.717) is 6.04 Å². The summed E-state index contributed by atoms with van der Waals surface area (Å²) in [5, 5.41) is 3.42. The maximum atomic E-state index is 6.18. The summed E-state index contributed by atoms with van der Waals surface area (Å²) in [7, 11) is 2.03. The molecule has 0 saturated carbocycles. The fourth-order valence-electron chi connectivity index (χ4n) is 2.71. The number of para-hydroxylation sites is 2. The van der Waals surface area contributed by atoms with Crippen molar-refractivity contribution in [2.45, 2.75) is 25.8 Å². The Morgan fingerprint density at radius 1 is 1.00 bits per heavy atom. The molecule has 0 aliphatic carbocycles. The number of rotatable bonds is 1. The SMILES string of the molecule is CNC1Cc2ccccc2Oc2c(C)cccc2C1.Cl. The molecule has 0 bridgehead atoms. The van der Waals surface area contributed by atoms with Crippen LogP contribution in [0.5, 0.6) is 11.5 Å². The molecule has 1 atom stereocenters. The van der Waals surface area contributed by atoms with Crippen LogP contribution >= 0.6 is 12.4 Å². The van der Waals surface area contributed by atoms with Crippen molar-refractivity contribution in [2.24, 2.45) is 0 Å². The van der Waals surface area contributed by atoms with E-state index in [1.165, 1.54) is 16.7 Å². The van der Waals surface area contributed by atoms with Crippen LogP contribution in [0, 0.1) is 6.92 Å². The van der Waals surface area contributed by atoms with Crippen molar-refractivity contribution in [1.29, 1.82) is 0 Å². The van der Waals surface area contributed by atoms with E-state index in [1.807, 2.05) is 13.1 Å². The predicted octanol–water partition coefficient (Wildman–Crippen LogP) is 3.90. The van der Waals surface area contributed by atoms with Crippen LogP contribution < -0.4 is 10.1 Å². The van der Waals surface area contributed by atoms with E-state index in [-0.39, 0.29) is 12.4 Å². The van der Waals surface area contributed by atoms with Gasteiger partial charge in [-0.1, -0.05) is 36.4 Å². The highest BCUT2D eigenvalue weighted by Gasteiger charge is 2.19. The standard InChI is InChI=1S/C17H19NO.ClH/c1-12-6-5-8-14-11-15(18-2)10-13-7-3-4-9-16(13)19-17(12)14;/h3-9,15,18H,10-11H2,1-2H3;1H. The molecule has 3 rings (SSSR count). The second kappa shape index (κ2) is 6.29. The number of aryl methyl sites for hydroxylation is 1. The zero-order valence-electron chi connectivity index (χ0n) is 11.8. The third-order valence-corrected chi connectivity index (χ3v) is 3.82. The van der Waals surface area contributed by atoms with Crippen LogP contribution in [0.2, 0.25) is 0 Å². The van der Waals surface area contributed by atoms with E-state index < -0.39 is 0 Å². The Morgan fingerprint density at radius 3 is 2.50 bits per heavy atom. The summed E-state index contributed by atoms with van der Waals surface area (Å²) in [5.41, 5.74) is 3.76. The average molecular weight is 290 g/mol. The Labute approximate surface area is 126 Å². The fourth-order valence-corrected chi connectivity index (χ4v) is 2.71. The van der Waals surface area contributed by atoms with Gasteiger partial charge >= 0.3 is 0 Å². The minimum atomic E-state index is 0. The number of hydrogen-bond donors (Lipinski definition) is 1. The van der Waals surface area contributed by atoms with Crippen molar-refractivity contribution in [3.63, 3.8) is 0 Å². The van der Waals surface area contributed by atoms with Crippen molar-refractivity contribution < 1.29 is 4.74 Å². The highest BCUT2D eigenvalue weighted by atomic mass is 35.5. The van der Waals surface area contributed by atoms with E-state index in [2.05, 4.69) is 48.6 Å². The van der Waals surface area contributed by atoms with Gasteiger partial charge in [-0.05, 0) is 49.6 Å². The lowest BCUT2D eigenvalue weighted by molar-refractivity contribution is 0.438. The van der Waals surface area contributed by atoms with Gasteiger partial charge in [0, 0.05) is 6.04 Å². The molecule has 0 aromatic heterocycles. The van der Waals surface area contributed by atoms with E-state index >= 15 is 0 Å². The number of benzene rings is 2. The molecule has 1 unspecified atom stereocenters. The quantitative estimate of drug-likeness (QED) is 0.860. The molecule has 2 aromatic carbocycles. The lowest BCUT2D eigenvalue weighted by Crippen LogP contribution is -2.31. The van der Waals surface area contributed by atoms with Crippen LogP contribution in [0.3, 0.4) is 0 Å². The summed E-state index contributed by atoms with van der Waals surface area (Å²) in [6.45, 7) is 2.11. The third kappa shape index (κ3) is 2.82. The predicted molar refractivity (Wildman–Crippen MR) is 85.2 cm³/mol. The summed E-state index contributed by atoms with van der Waals surface area (Å²) in [5.74, 6) is 2.01. The van der Waals surface area contributed by atoms with Gasteiger partial charge in [-0.3, -0.25) is 0 Å². The third-order valence-electron chi connectivity index (χ3n) is 3.82. The largest absolute Gasteiger partial charge is 0.457 e. The van der Waals surface area contributed by atoms with Gasteiger partial charge in [0.15, 0.2) is 0 Å². The average Bonchev–Trinajstić information content (AvgIpc) is 2.40. The summed E-state index contributed by atoms with van der Waals surface area (Å²) in [6, 6.07) is 15.2.